The Morgan fingerprint density at radius 1 is 1.21 bits per heavy atom. The van der Waals surface area contributed by atoms with Gasteiger partial charge in [0, 0.05) is 17.5 Å². The number of rotatable bonds is 7. The second-order valence-corrected chi connectivity index (χ2v) is 5.01. The second-order valence-electron chi connectivity index (χ2n) is 5.01. The maximum Gasteiger partial charge on any atom is 0.134 e. The molecule has 0 unspecified atom stereocenters. The van der Waals surface area contributed by atoms with Crippen LogP contribution in [0.2, 0.25) is 0 Å². The third kappa shape index (κ3) is 3.37. The zero-order valence-electron chi connectivity index (χ0n) is 12.2. The van der Waals surface area contributed by atoms with Gasteiger partial charge in [-0.2, -0.15) is 0 Å². The summed E-state index contributed by atoms with van der Waals surface area (Å²) < 4.78 is 6.00. The maximum absolute atomic E-state index is 6.00. The van der Waals surface area contributed by atoms with Crippen molar-refractivity contribution >= 4 is 11.0 Å². The monoisotopic (exact) mass is 260 g/mol. The van der Waals surface area contributed by atoms with Gasteiger partial charge in [0.05, 0.1) is 6.54 Å². The molecular formula is C16H24N2O. The molecule has 1 aromatic carbocycles. The molecule has 0 aliphatic heterocycles. The Morgan fingerprint density at radius 3 is 2.74 bits per heavy atom. The van der Waals surface area contributed by atoms with Gasteiger partial charge >= 0.3 is 0 Å². The SMILES string of the molecule is CCCNCc1oc2ccccc2c1CN(C)CC. The van der Waals surface area contributed by atoms with Crippen LogP contribution < -0.4 is 5.32 Å². The highest BCUT2D eigenvalue weighted by Gasteiger charge is 2.14. The lowest BCUT2D eigenvalue weighted by atomic mass is 10.1. The first-order valence-electron chi connectivity index (χ1n) is 7.14. The van der Waals surface area contributed by atoms with Crippen molar-refractivity contribution in [2.75, 3.05) is 20.1 Å². The van der Waals surface area contributed by atoms with E-state index in [4.69, 9.17) is 4.42 Å². The van der Waals surface area contributed by atoms with Crippen molar-refractivity contribution in [1.82, 2.24) is 10.2 Å². The minimum Gasteiger partial charge on any atom is -0.459 e. The first-order valence-corrected chi connectivity index (χ1v) is 7.14. The Morgan fingerprint density at radius 2 is 2.00 bits per heavy atom. The summed E-state index contributed by atoms with van der Waals surface area (Å²) in [6.45, 7) is 8.18. The molecule has 3 heteroatoms. The van der Waals surface area contributed by atoms with Crippen molar-refractivity contribution < 1.29 is 4.42 Å². The van der Waals surface area contributed by atoms with E-state index in [1.54, 1.807) is 0 Å². The molecule has 0 saturated carbocycles. The van der Waals surface area contributed by atoms with Crippen LogP contribution in [-0.2, 0) is 13.1 Å². The van der Waals surface area contributed by atoms with Gasteiger partial charge in [0.2, 0.25) is 0 Å². The first kappa shape index (κ1) is 14.1. The van der Waals surface area contributed by atoms with Crippen molar-refractivity contribution in [3.8, 4) is 0 Å². The van der Waals surface area contributed by atoms with Crippen molar-refractivity contribution in [2.45, 2.75) is 33.4 Å². The molecule has 0 saturated heterocycles. The summed E-state index contributed by atoms with van der Waals surface area (Å²) in [6, 6.07) is 8.31. The van der Waals surface area contributed by atoms with Crippen LogP contribution in [0, 0.1) is 0 Å². The number of furan rings is 1. The molecule has 0 radical (unpaired) electrons. The van der Waals surface area contributed by atoms with Crippen LogP contribution in [0.4, 0.5) is 0 Å². The molecule has 19 heavy (non-hydrogen) atoms. The van der Waals surface area contributed by atoms with Crippen LogP contribution in [0.1, 0.15) is 31.6 Å². The Bertz CT molecular complexity index is 518. The van der Waals surface area contributed by atoms with E-state index >= 15 is 0 Å². The summed E-state index contributed by atoms with van der Waals surface area (Å²) in [4.78, 5) is 2.31. The first-order chi connectivity index (χ1) is 9.26. The molecule has 104 valence electrons. The Hall–Kier alpha value is -1.32. The van der Waals surface area contributed by atoms with Gasteiger partial charge in [0.15, 0.2) is 0 Å². The molecule has 0 aliphatic carbocycles. The van der Waals surface area contributed by atoms with E-state index in [1.807, 2.05) is 12.1 Å². The van der Waals surface area contributed by atoms with E-state index < -0.39 is 0 Å². The lowest BCUT2D eigenvalue weighted by Crippen LogP contribution is -2.19. The van der Waals surface area contributed by atoms with E-state index in [0.717, 1.165) is 43.9 Å². The Kier molecular flexibility index (Phi) is 5.00. The molecule has 1 heterocycles. The van der Waals surface area contributed by atoms with Gasteiger partial charge in [-0.3, -0.25) is 0 Å². The summed E-state index contributed by atoms with van der Waals surface area (Å²) in [6.07, 6.45) is 1.14. The number of fused-ring (bicyclic) bond motifs is 1. The average Bonchev–Trinajstić information content (AvgIpc) is 2.77. The standard InChI is InChI=1S/C16H24N2O/c1-4-10-17-11-16-14(12-18(3)5-2)13-8-6-7-9-15(13)19-16/h6-9,17H,4-5,10-12H2,1-3H3. The lowest BCUT2D eigenvalue weighted by Gasteiger charge is -2.14. The fourth-order valence-electron chi connectivity index (χ4n) is 2.23. The highest BCUT2D eigenvalue weighted by Crippen LogP contribution is 2.26. The normalized spacial score (nSPS) is 11.6. The molecular weight excluding hydrogens is 236 g/mol. The molecule has 0 spiro atoms. The molecule has 0 fully saturated rings. The van der Waals surface area contributed by atoms with E-state index in [-0.39, 0.29) is 0 Å². The minimum absolute atomic E-state index is 0.815. The maximum atomic E-state index is 6.00. The smallest absolute Gasteiger partial charge is 0.134 e. The zero-order valence-corrected chi connectivity index (χ0v) is 12.2. The quantitative estimate of drug-likeness (QED) is 0.774. The van der Waals surface area contributed by atoms with Gasteiger partial charge in [-0.1, -0.05) is 32.0 Å². The fourth-order valence-corrected chi connectivity index (χ4v) is 2.23. The highest BCUT2D eigenvalue weighted by atomic mass is 16.3. The van der Waals surface area contributed by atoms with Crippen LogP contribution in [0.25, 0.3) is 11.0 Å². The molecule has 2 aromatic rings. The van der Waals surface area contributed by atoms with Crippen LogP contribution >= 0.6 is 0 Å². The van der Waals surface area contributed by atoms with Crippen LogP contribution in [0.5, 0.6) is 0 Å². The van der Waals surface area contributed by atoms with Crippen molar-refractivity contribution in [3.63, 3.8) is 0 Å². The fraction of sp³-hybridized carbons (Fsp3) is 0.500. The second kappa shape index (κ2) is 6.73. The topological polar surface area (TPSA) is 28.4 Å². The summed E-state index contributed by atoms with van der Waals surface area (Å²) in [5, 5.41) is 4.68. The van der Waals surface area contributed by atoms with Gasteiger partial charge in [-0.05, 0) is 32.6 Å². The van der Waals surface area contributed by atoms with Gasteiger partial charge in [0.1, 0.15) is 11.3 Å². The van der Waals surface area contributed by atoms with Crippen LogP contribution in [-0.4, -0.2) is 25.0 Å². The molecule has 1 aromatic heterocycles. The molecule has 0 aliphatic rings. The molecule has 2 rings (SSSR count). The van der Waals surface area contributed by atoms with Crippen molar-refractivity contribution in [1.29, 1.82) is 0 Å². The summed E-state index contributed by atoms with van der Waals surface area (Å²) in [5.74, 6) is 1.08. The van der Waals surface area contributed by atoms with Crippen molar-refractivity contribution in [3.05, 3.63) is 35.6 Å². The van der Waals surface area contributed by atoms with E-state index in [1.165, 1.54) is 10.9 Å². The number of nitrogens with one attached hydrogen (secondary N) is 1. The van der Waals surface area contributed by atoms with Crippen LogP contribution in [0.3, 0.4) is 0 Å². The molecule has 1 N–H and O–H groups in total. The zero-order chi connectivity index (χ0) is 13.7. The molecule has 0 amide bonds. The van der Waals surface area contributed by atoms with Crippen molar-refractivity contribution in [2.24, 2.45) is 0 Å². The van der Waals surface area contributed by atoms with E-state index in [9.17, 15) is 0 Å². The van der Waals surface area contributed by atoms with E-state index in [0.29, 0.717) is 0 Å². The highest BCUT2D eigenvalue weighted by molar-refractivity contribution is 5.82. The third-order valence-electron chi connectivity index (χ3n) is 3.46. The summed E-state index contributed by atoms with van der Waals surface area (Å²) in [7, 11) is 2.14. The largest absolute Gasteiger partial charge is 0.459 e. The summed E-state index contributed by atoms with van der Waals surface area (Å²) >= 11 is 0. The predicted octanol–water partition coefficient (Wildman–Crippen LogP) is 3.38. The molecule has 0 atom stereocenters. The number of para-hydroxylation sites is 1. The Labute approximate surface area is 115 Å². The van der Waals surface area contributed by atoms with E-state index in [2.05, 4.69) is 43.2 Å². The van der Waals surface area contributed by atoms with Gasteiger partial charge in [0.25, 0.3) is 0 Å². The molecule has 3 nitrogen and oxygen atoms in total. The molecule has 0 bridgehead atoms. The van der Waals surface area contributed by atoms with Gasteiger partial charge in [-0.25, -0.2) is 0 Å². The Balaban J connectivity index is 2.28. The van der Waals surface area contributed by atoms with Crippen LogP contribution in [0.15, 0.2) is 28.7 Å². The average molecular weight is 260 g/mol. The number of nitrogens with zero attached hydrogens (tertiary/aromatic N) is 1. The van der Waals surface area contributed by atoms with Gasteiger partial charge in [-0.15, -0.1) is 0 Å². The summed E-state index contributed by atoms with van der Waals surface area (Å²) in [5.41, 5.74) is 2.32. The third-order valence-corrected chi connectivity index (χ3v) is 3.46. The number of hydrogen-bond acceptors (Lipinski definition) is 3. The minimum atomic E-state index is 0.815. The van der Waals surface area contributed by atoms with Gasteiger partial charge < -0.3 is 14.6 Å². The lowest BCUT2D eigenvalue weighted by molar-refractivity contribution is 0.341. The predicted molar refractivity (Wildman–Crippen MR) is 80.2 cm³/mol. The number of benzene rings is 1. The number of hydrogen-bond donors (Lipinski definition) is 1.